The molecule has 1 aliphatic rings. The van der Waals surface area contributed by atoms with Crippen molar-refractivity contribution in [3.05, 3.63) is 65.5 Å². The lowest BCUT2D eigenvalue weighted by molar-refractivity contribution is 0.122. The molecule has 0 bridgehead atoms. The maximum absolute atomic E-state index is 12.0. The van der Waals surface area contributed by atoms with Crippen LogP contribution in [0.25, 0.3) is 0 Å². The number of carbonyl (C=O) groups excluding carboxylic acids is 1. The first-order chi connectivity index (χ1) is 20.0. The zero-order chi connectivity index (χ0) is 29.2. The lowest BCUT2D eigenvalue weighted by atomic mass is 10.1. The molecule has 0 aliphatic carbocycles. The van der Waals surface area contributed by atoms with E-state index in [2.05, 4.69) is 10.3 Å². The molecular weight excluding hydrogens is 568 g/mol. The lowest BCUT2D eigenvalue weighted by Crippen LogP contribution is -2.26. The zero-order valence-corrected chi connectivity index (χ0v) is 25.3. The first kappa shape index (κ1) is 30.3. The minimum absolute atomic E-state index is 0.0493. The fraction of sp³-hybridized carbons (Fsp3) is 0.379. The third-order valence-corrected chi connectivity index (χ3v) is 9.54. The molecule has 4 rings (SSSR count). The summed E-state index contributed by atoms with van der Waals surface area (Å²) >= 11 is 3.67. The number of carbonyl (C=O) groups is 1. The van der Waals surface area contributed by atoms with Crippen LogP contribution in [0.3, 0.4) is 0 Å². The van der Waals surface area contributed by atoms with Gasteiger partial charge in [0.2, 0.25) is 11.5 Å². The second-order valence-corrected chi connectivity index (χ2v) is 11.4. The van der Waals surface area contributed by atoms with Crippen molar-refractivity contribution in [2.75, 3.05) is 54.5 Å². The standard InChI is InChI=1S/C29H34N2O8S2/c1-33-21-14-19(15-22(34-2)26(21)37-5)28-40-17-25(41-28)18-12-23(35-3)27(24(13-18)36-4)38-10-11-39-29(32)31-16-20-8-6-7-9-30-20/h6-9,12-15,25,28H,10-11,16-17H2,1-5H3,(H,31,32)/t25-,28+/m1/s1. The van der Waals surface area contributed by atoms with E-state index in [9.17, 15) is 4.79 Å². The summed E-state index contributed by atoms with van der Waals surface area (Å²) in [6.45, 7) is 0.454. The van der Waals surface area contributed by atoms with Crippen LogP contribution in [0.2, 0.25) is 0 Å². The molecule has 220 valence electrons. The van der Waals surface area contributed by atoms with E-state index in [1.54, 1.807) is 41.7 Å². The molecule has 1 fully saturated rings. The van der Waals surface area contributed by atoms with Gasteiger partial charge in [0, 0.05) is 17.2 Å². The lowest BCUT2D eigenvalue weighted by Gasteiger charge is -2.19. The quantitative estimate of drug-likeness (QED) is 0.245. The summed E-state index contributed by atoms with van der Waals surface area (Å²) in [7, 11) is 8.00. The van der Waals surface area contributed by atoms with E-state index < -0.39 is 6.09 Å². The highest BCUT2D eigenvalue weighted by Crippen LogP contribution is 2.58. The molecule has 0 saturated carbocycles. The largest absolute Gasteiger partial charge is 0.493 e. The molecule has 1 N–H and O–H groups in total. The Hall–Kier alpha value is -3.64. The van der Waals surface area contributed by atoms with Gasteiger partial charge >= 0.3 is 6.09 Å². The van der Waals surface area contributed by atoms with Gasteiger partial charge in [0.1, 0.15) is 13.2 Å². The smallest absolute Gasteiger partial charge is 0.407 e. The summed E-state index contributed by atoms with van der Waals surface area (Å²) in [4.78, 5) is 16.2. The van der Waals surface area contributed by atoms with Crippen LogP contribution in [-0.2, 0) is 11.3 Å². The van der Waals surface area contributed by atoms with Gasteiger partial charge < -0.3 is 38.5 Å². The number of rotatable bonds is 13. The number of hydrogen-bond donors (Lipinski definition) is 1. The molecule has 1 aliphatic heterocycles. The first-order valence-corrected chi connectivity index (χ1v) is 14.8. The Morgan fingerprint density at radius 3 is 2.07 bits per heavy atom. The molecule has 0 unspecified atom stereocenters. The third kappa shape index (κ3) is 7.56. The molecule has 2 aromatic carbocycles. The van der Waals surface area contributed by atoms with Gasteiger partial charge in [0.15, 0.2) is 23.0 Å². The van der Waals surface area contributed by atoms with Crippen LogP contribution in [0, 0.1) is 0 Å². The van der Waals surface area contributed by atoms with Gasteiger partial charge in [-0.1, -0.05) is 6.07 Å². The Morgan fingerprint density at radius 2 is 1.49 bits per heavy atom. The van der Waals surface area contributed by atoms with E-state index in [0.29, 0.717) is 34.5 Å². The summed E-state index contributed by atoms with van der Waals surface area (Å²) in [6.07, 6.45) is 1.12. The van der Waals surface area contributed by atoms with E-state index in [4.69, 9.17) is 33.2 Å². The number of nitrogens with zero attached hydrogens (tertiary/aromatic N) is 1. The number of ether oxygens (including phenoxy) is 7. The second kappa shape index (κ2) is 14.8. The van der Waals surface area contributed by atoms with Crippen molar-refractivity contribution in [2.24, 2.45) is 0 Å². The number of benzene rings is 2. The molecule has 41 heavy (non-hydrogen) atoms. The first-order valence-electron chi connectivity index (χ1n) is 12.8. The fourth-order valence-electron chi connectivity index (χ4n) is 4.21. The molecule has 10 nitrogen and oxygen atoms in total. The van der Waals surface area contributed by atoms with Crippen LogP contribution in [0.15, 0.2) is 48.7 Å². The maximum atomic E-state index is 12.0. The van der Waals surface area contributed by atoms with Gasteiger partial charge in [-0.15, -0.1) is 23.5 Å². The van der Waals surface area contributed by atoms with Crippen molar-refractivity contribution in [2.45, 2.75) is 16.4 Å². The molecule has 2 atom stereocenters. The van der Waals surface area contributed by atoms with Crippen molar-refractivity contribution < 1.29 is 38.0 Å². The number of methoxy groups -OCH3 is 5. The Kier molecular flexibility index (Phi) is 11.0. The molecule has 1 amide bonds. The number of hydrogen-bond acceptors (Lipinski definition) is 11. The van der Waals surface area contributed by atoms with Crippen LogP contribution >= 0.6 is 23.5 Å². The Balaban J connectivity index is 1.38. The Labute approximate surface area is 248 Å². The van der Waals surface area contributed by atoms with Gasteiger partial charge in [-0.25, -0.2) is 4.79 Å². The van der Waals surface area contributed by atoms with E-state index in [1.165, 1.54) is 0 Å². The van der Waals surface area contributed by atoms with Crippen molar-refractivity contribution in [1.29, 1.82) is 0 Å². The van der Waals surface area contributed by atoms with E-state index in [1.807, 2.05) is 66.0 Å². The van der Waals surface area contributed by atoms with E-state index >= 15 is 0 Å². The van der Waals surface area contributed by atoms with Gasteiger partial charge in [0.05, 0.1) is 52.4 Å². The number of alkyl carbamates (subject to hydrolysis) is 1. The molecule has 0 spiro atoms. The fourth-order valence-corrected chi connectivity index (χ4v) is 7.47. The van der Waals surface area contributed by atoms with E-state index in [0.717, 1.165) is 22.6 Å². The summed E-state index contributed by atoms with van der Waals surface area (Å²) in [5.41, 5.74) is 2.88. The number of nitrogens with one attached hydrogen (secondary N) is 1. The van der Waals surface area contributed by atoms with Gasteiger partial charge in [-0.2, -0.15) is 0 Å². The van der Waals surface area contributed by atoms with Crippen LogP contribution < -0.4 is 33.7 Å². The second-order valence-electron chi connectivity index (χ2n) is 8.66. The van der Waals surface area contributed by atoms with Gasteiger partial charge in [0.25, 0.3) is 0 Å². The average Bonchev–Trinajstić information content (AvgIpc) is 3.52. The predicted octanol–water partition coefficient (Wildman–Crippen LogP) is 5.65. The SMILES string of the molecule is COc1cc([C@H]2SC[C@H](c3cc(OC)c(OCCOC(=O)NCc4ccccn4)c(OC)c3)S2)cc(OC)c1OC. The van der Waals surface area contributed by atoms with Crippen molar-refractivity contribution in [3.63, 3.8) is 0 Å². The van der Waals surface area contributed by atoms with Crippen LogP contribution in [0.4, 0.5) is 4.79 Å². The molecule has 0 radical (unpaired) electrons. The normalized spacial score (nSPS) is 16.0. The van der Waals surface area contributed by atoms with Crippen LogP contribution in [0.1, 0.15) is 26.7 Å². The van der Waals surface area contributed by atoms with Crippen LogP contribution in [-0.4, -0.2) is 65.6 Å². The molecule has 2 heterocycles. The summed E-state index contributed by atoms with van der Waals surface area (Å²) < 4.78 is 39.2. The Bertz CT molecular complexity index is 1260. The highest BCUT2D eigenvalue weighted by atomic mass is 32.2. The highest BCUT2D eigenvalue weighted by Gasteiger charge is 2.31. The molecule has 3 aromatic rings. The highest BCUT2D eigenvalue weighted by molar-refractivity contribution is 8.19. The summed E-state index contributed by atoms with van der Waals surface area (Å²) in [5, 5.41) is 2.85. The molecule has 12 heteroatoms. The minimum atomic E-state index is -0.550. The topological polar surface area (TPSA) is 107 Å². The maximum Gasteiger partial charge on any atom is 0.407 e. The third-order valence-electron chi connectivity index (χ3n) is 6.20. The van der Waals surface area contributed by atoms with Crippen LogP contribution in [0.5, 0.6) is 34.5 Å². The Morgan fingerprint density at radius 1 is 0.854 bits per heavy atom. The van der Waals surface area contributed by atoms with Crippen molar-refractivity contribution in [3.8, 4) is 34.5 Å². The van der Waals surface area contributed by atoms with E-state index in [-0.39, 0.29) is 29.6 Å². The van der Waals surface area contributed by atoms with Crippen molar-refractivity contribution in [1.82, 2.24) is 10.3 Å². The van der Waals surface area contributed by atoms with Gasteiger partial charge in [-0.05, 0) is 47.5 Å². The predicted molar refractivity (Wildman–Crippen MR) is 159 cm³/mol. The molecule has 1 aromatic heterocycles. The number of pyridine rings is 1. The van der Waals surface area contributed by atoms with Gasteiger partial charge in [-0.3, -0.25) is 4.98 Å². The molecular formula is C29H34N2O8S2. The molecule has 1 saturated heterocycles. The summed E-state index contributed by atoms with van der Waals surface area (Å²) in [5.74, 6) is 4.26. The van der Waals surface area contributed by atoms with Crippen molar-refractivity contribution >= 4 is 29.6 Å². The zero-order valence-electron chi connectivity index (χ0n) is 23.6. The number of aromatic nitrogens is 1. The monoisotopic (exact) mass is 602 g/mol. The number of amides is 1. The average molecular weight is 603 g/mol. The minimum Gasteiger partial charge on any atom is -0.493 e. The number of thioether (sulfide) groups is 2. The summed E-state index contributed by atoms with van der Waals surface area (Å²) in [6, 6.07) is 13.4.